The first-order valence-corrected chi connectivity index (χ1v) is 7.55. The van der Waals surface area contributed by atoms with Gasteiger partial charge in [-0.25, -0.2) is 0 Å². The summed E-state index contributed by atoms with van der Waals surface area (Å²) >= 11 is 0. The van der Waals surface area contributed by atoms with Crippen LogP contribution in [-0.2, 0) is 4.74 Å². The highest BCUT2D eigenvalue weighted by atomic mass is 16.5. The predicted molar refractivity (Wildman–Crippen MR) is 77.4 cm³/mol. The van der Waals surface area contributed by atoms with Gasteiger partial charge in [0, 0.05) is 6.61 Å². The fourth-order valence-electron chi connectivity index (χ4n) is 2.27. The van der Waals surface area contributed by atoms with Crippen LogP contribution in [0.15, 0.2) is 0 Å². The van der Waals surface area contributed by atoms with Gasteiger partial charge in [-0.2, -0.15) is 0 Å². The van der Waals surface area contributed by atoms with E-state index in [1.54, 1.807) is 0 Å². The summed E-state index contributed by atoms with van der Waals surface area (Å²) in [7, 11) is 0. The zero-order valence-corrected chi connectivity index (χ0v) is 13.0. The van der Waals surface area contributed by atoms with Gasteiger partial charge in [-0.05, 0) is 38.5 Å². The van der Waals surface area contributed by atoms with Gasteiger partial charge in [-0.3, -0.25) is 0 Å². The number of ether oxygens (including phenoxy) is 1. The van der Waals surface area contributed by atoms with E-state index in [1.807, 2.05) is 0 Å². The fourth-order valence-corrected chi connectivity index (χ4v) is 2.27. The second kappa shape index (κ2) is 8.97. The molecule has 0 aromatic rings. The third kappa shape index (κ3) is 9.64. The molecule has 1 heteroatoms. The van der Waals surface area contributed by atoms with Crippen LogP contribution in [0.2, 0.25) is 0 Å². The Morgan fingerprint density at radius 1 is 1.06 bits per heavy atom. The topological polar surface area (TPSA) is 9.23 Å². The monoisotopic (exact) mass is 242 g/mol. The molecular weight excluding hydrogens is 208 g/mol. The minimum Gasteiger partial charge on any atom is -0.376 e. The molecule has 104 valence electrons. The Morgan fingerprint density at radius 2 is 1.71 bits per heavy atom. The molecule has 1 nitrogen and oxygen atoms in total. The maximum absolute atomic E-state index is 6.05. The Balaban J connectivity index is 3.93. The molecule has 0 amide bonds. The minimum atomic E-state index is 0.0588. The Labute approximate surface area is 109 Å². The van der Waals surface area contributed by atoms with Crippen molar-refractivity contribution in [2.75, 3.05) is 6.61 Å². The minimum absolute atomic E-state index is 0.0588. The lowest BCUT2D eigenvalue weighted by Gasteiger charge is -2.30. The van der Waals surface area contributed by atoms with E-state index < -0.39 is 0 Å². The molecule has 0 rings (SSSR count). The van der Waals surface area contributed by atoms with Crippen LogP contribution in [0.4, 0.5) is 0 Å². The Morgan fingerprint density at radius 3 is 2.18 bits per heavy atom. The van der Waals surface area contributed by atoms with E-state index in [2.05, 4.69) is 41.5 Å². The van der Waals surface area contributed by atoms with E-state index in [9.17, 15) is 0 Å². The van der Waals surface area contributed by atoms with Crippen molar-refractivity contribution in [3.8, 4) is 0 Å². The predicted octanol–water partition coefficient (Wildman–Crippen LogP) is 5.43. The van der Waals surface area contributed by atoms with E-state index in [1.165, 1.54) is 38.5 Å². The van der Waals surface area contributed by atoms with Gasteiger partial charge in [-0.1, -0.05) is 53.4 Å². The van der Waals surface area contributed by atoms with E-state index in [-0.39, 0.29) is 5.60 Å². The van der Waals surface area contributed by atoms with Crippen LogP contribution in [0.3, 0.4) is 0 Å². The van der Waals surface area contributed by atoms with Crippen molar-refractivity contribution >= 4 is 0 Å². The van der Waals surface area contributed by atoms with Gasteiger partial charge in [-0.15, -0.1) is 0 Å². The largest absolute Gasteiger partial charge is 0.376 e. The fraction of sp³-hybridized carbons (Fsp3) is 1.00. The van der Waals surface area contributed by atoms with Gasteiger partial charge >= 0.3 is 0 Å². The first-order chi connectivity index (χ1) is 7.91. The molecule has 0 saturated carbocycles. The third-order valence-electron chi connectivity index (χ3n) is 3.51. The quantitative estimate of drug-likeness (QED) is 0.496. The zero-order chi connectivity index (χ0) is 13.3. The zero-order valence-electron chi connectivity index (χ0n) is 13.0. The lowest BCUT2D eigenvalue weighted by Crippen LogP contribution is -2.28. The standard InChI is InChI=1S/C16H34O/c1-7-9-10-15(8-2)13-16(5,6)17-12-11-14(3)4/h14-15H,7-13H2,1-6H3. The highest BCUT2D eigenvalue weighted by Crippen LogP contribution is 2.26. The molecule has 0 heterocycles. The molecule has 0 fully saturated rings. The van der Waals surface area contributed by atoms with Crippen LogP contribution in [0.25, 0.3) is 0 Å². The summed E-state index contributed by atoms with van der Waals surface area (Å²) in [4.78, 5) is 0. The highest BCUT2D eigenvalue weighted by Gasteiger charge is 2.22. The molecule has 0 radical (unpaired) electrons. The normalized spacial score (nSPS) is 14.3. The van der Waals surface area contributed by atoms with E-state index >= 15 is 0 Å². The van der Waals surface area contributed by atoms with Crippen molar-refractivity contribution in [1.82, 2.24) is 0 Å². The molecular formula is C16H34O. The molecule has 0 aromatic heterocycles. The lowest BCUT2D eigenvalue weighted by molar-refractivity contribution is -0.0392. The van der Waals surface area contributed by atoms with Crippen LogP contribution in [0.1, 0.15) is 80.1 Å². The summed E-state index contributed by atoms with van der Waals surface area (Å²) in [5, 5.41) is 0. The first-order valence-electron chi connectivity index (χ1n) is 7.55. The highest BCUT2D eigenvalue weighted by molar-refractivity contribution is 4.74. The average Bonchev–Trinajstić information content (AvgIpc) is 2.23. The van der Waals surface area contributed by atoms with Gasteiger partial charge in [0.05, 0.1) is 5.60 Å². The van der Waals surface area contributed by atoms with Crippen molar-refractivity contribution in [2.24, 2.45) is 11.8 Å². The molecule has 0 aliphatic heterocycles. The summed E-state index contributed by atoms with van der Waals surface area (Å²) in [6, 6.07) is 0. The van der Waals surface area contributed by atoms with Crippen molar-refractivity contribution in [1.29, 1.82) is 0 Å². The third-order valence-corrected chi connectivity index (χ3v) is 3.51. The Kier molecular flexibility index (Phi) is 8.94. The molecule has 1 atom stereocenters. The van der Waals surface area contributed by atoms with Crippen LogP contribution in [-0.4, -0.2) is 12.2 Å². The summed E-state index contributed by atoms with van der Waals surface area (Å²) in [6.45, 7) is 14.5. The molecule has 17 heavy (non-hydrogen) atoms. The Hall–Kier alpha value is -0.0400. The van der Waals surface area contributed by atoms with Crippen molar-refractivity contribution in [2.45, 2.75) is 85.7 Å². The van der Waals surface area contributed by atoms with Crippen molar-refractivity contribution < 1.29 is 4.74 Å². The van der Waals surface area contributed by atoms with E-state index in [0.29, 0.717) is 0 Å². The average molecular weight is 242 g/mol. The molecule has 0 saturated heterocycles. The van der Waals surface area contributed by atoms with Gasteiger partial charge in [0.2, 0.25) is 0 Å². The summed E-state index contributed by atoms with van der Waals surface area (Å²) in [6.07, 6.45) is 7.71. The number of hydrogen-bond donors (Lipinski definition) is 0. The number of rotatable bonds is 10. The first kappa shape index (κ1) is 17.0. The van der Waals surface area contributed by atoms with Gasteiger partial charge < -0.3 is 4.74 Å². The molecule has 1 unspecified atom stereocenters. The van der Waals surface area contributed by atoms with Crippen molar-refractivity contribution in [3.63, 3.8) is 0 Å². The van der Waals surface area contributed by atoms with Gasteiger partial charge in [0.25, 0.3) is 0 Å². The number of hydrogen-bond acceptors (Lipinski definition) is 1. The van der Waals surface area contributed by atoms with E-state index in [4.69, 9.17) is 4.74 Å². The molecule has 0 N–H and O–H groups in total. The summed E-state index contributed by atoms with van der Waals surface area (Å²) in [5.74, 6) is 1.58. The van der Waals surface area contributed by atoms with Gasteiger partial charge in [0.15, 0.2) is 0 Å². The summed E-state index contributed by atoms with van der Waals surface area (Å²) in [5.41, 5.74) is 0.0588. The van der Waals surface area contributed by atoms with Crippen LogP contribution in [0.5, 0.6) is 0 Å². The smallest absolute Gasteiger partial charge is 0.0629 e. The van der Waals surface area contributed by atoms with Crippen LogP contribution >= 0.6 is 0 Å². The maximum Gasteiger partial charge on any atom is 0.0629 e. The lowest BCUT2D eigenvalue weighted by atomic mass is 9.87. The molecule has 0 spiro atoms. The SMILES string of the molecule is CCCCC(CC)CC(C)(C)OCCC(C)C. The maximum atomic E-state index is 6.05. The Bertz CT molecular complexity index is 172. The van der Waals surface area contributed by atoms with Crippen LogP contribution < -0.4 is 0 Å². The van der Waals surface area contributed by atoms with Crippen molar-refractivity contribution in [3.05, 3.63) is 0 Å². The van der Waals surface area contributed by atoms with E-state index in [0.717, 1.165) is 18.4 Å². The second-order valence-corrected chi connectivity index (χ2v) is 6.41. The molecule has 0 aliphatic rings. The molecule has 0 aliphatic carbocycles. The van der Waals surface area contributed by atoms with Crippen LogP contribution in [0, 0.1) is 11.8 Å². The molecule has 0 bridgehead atoms. The summed E-state index contributed by atoms with van der Waals surface area (Å²) < 4.78 is 6.05. The second-order valence-electron chi connectivity index (χ2n) is 6.41. The molecule has 0 aromatic carbocycles. The number of unbranched alkanes of at least 4 members (excludes halogenated alkanes) is 1. The van der Waals surface area contributed by atoms with Gasteiger partial charge in [0.1, 0.15) is 0 Å².